The largest absolute Gasteiger partial charge is 0.348 e. The summed E-state index contributed by atoms with van der Waals surface area (Å²) in [6.07, 6.45) is 2.38. The van der Waals surface area contributed by atoms with Crippen molar-refractivity contribution in [1.29, 1.82) is 0 Å². The minimum atomic E-state index is -0.00680. The average molecular weight is 246 g/mol. The summed E-state index contributed by atoms with van der Waals surface area (Å²) in [5.41, 5.74) is 7.66. The van der Waals surface area contributed by atoms with Crippen molar-refractivity contribution in [1.82, 2.24) is 5.32 Å². The van der Waals surface area contributed by atoms with Crippen LogP contribution in [0.1, 0.15) is 48.5 Å². The van der Waals surface area contributed by atoms with Crippen LogP contribution in [-0.2, 0) is 0 Å². The van der Waals surface area contributed by atoms with E-state index in [2.05, 4.69) is 19.2 Å². The van der Waals surface area contributed by atoms with Crippen molar-refractivity contribution in [2.45, 2.75) is 38.6 Å². The maximum absolute atomic E-state index is 12.1. The lowest BCUT2D eigenvalue weighted by Crippen LogP contribution is -2.41. The molecule has 1 amide bonds. The van der Waals surface area contributed by atoms with Crippen LogP contribution in [0.3, 0.4) is 0 Å². The van der Waals surface area contributed by atoms with Crippen LogP contribution in [0.25, 0.3) is 0 Å². The van der Waals surface area contributed by atoms with Gasteiger partial charge < -0.3 is 11.1 Å². The maximum atomic E-state index is 12.1. The predicted molar refractivity (Wildman–Crippen MR) is 73.6 cm³/mol. The summed E-state index contributed by atoms with van der Waals surface area (Å²) in [4.78, 5) is 12.1. The number of rotatable bonds is 5. The van der Waals surface area contributed by atoms with Gasteiger partial charge in [0.25, 0.3) is 5.91 Å². The monoisotopic (exact) mass is 246 g/mol. The molecule has 0 heterocycles. The van der Waals surface area contributed by atoms with Gasteiger partial charge in [-0.25, -0.2) is 0 Å². The summed E-state index contributed by atoms with van der Waals surface area (Å²) in [6, 6.07) is 7.97. The topological polar surface area (TPSA) is 55.1 Å². The highest BCUT2D eigenvalue weighted by molar-refractivity contribution is 5.94. The predicted octanol–water partition coefficient (Wildman–Crippen LogP) is 2.28. The first-order chi connectivity index (χ1) is 8.61. The molecule has 0 aromatic heterocycles. The van der Waals surface area contributed by atoms with Gasteiger partial charge in [-0.15, -0.1) is 0 Å². The number of nitrogens with one attached hydrogen (secondary N) is 1. The minimum Gasteiger partial charge on any atom is -0.348 e. The Hall–Kier alpha value is -1.35. The molecule has 1 aliphatic rings. The normalized spacial score (nSPS) is 16.7. The van der Waals surface area contributed by atoms with E-state index >= 15 is 0 Å². The van der Waals surface area contributed by atoms with Gasteiger partial charge in [0, 0.05) is 18.2 Å². The maximum Gasteiger partial charge on any atom is 0.251 e. The lowest BCUT2D eigenvalue weighted by atomic mass is 10.0. The SMILES string of the molecule is CC(C)c1ccc(C(=O)NC(CN)C2CC2)cc1. The van der Waals surface area contributed by atoms with Crippen LogP contribution >= 0.6 is 0 Å². The Balaban J connectivity index is 1.99. The van der Waals surface area contributed by atoms with E-state index in [9.17, 15) is 4.79 Å². The van der Waals surface area contributed by atoms with E-state index in [1.807, 2.05) is 24.3 Å². The van der Waals surface area contributed by atoms with Crippen molar-refractivity contribution < 1.29 is 4.79 Å². The van der Waals surface area contributed by atoms with Crippen LogP contribution in [0.2, 0.25) is 0 Å². The Morgan fingerprint density at radius 3 is 2.39 bits per heavy atom. The first kappa shape index (κ1) is 13.1. The van der Waals surface area contributed by atoms with Gasteiger partial charge in [-0.3, -0.25) is 4.79 Å². The summed E-state index contributed by atoms with van der Waals surface area (Å²) < 4.78 is 0. The molecule has 0 spiro atoms. The lowest BCUT2D eigenvalue weighted by molar-refractivity contribution is 0.0933. The van der Waals surface area contributed by atoms with Gasteiger partial charge in [0.15, 0.2) is 0 Å². The van der Waals surface area contributed by atoms with Crippen LogP contribution in [0.4, 0.5) is 0 Å². The third-order valence-corrected chi connectivity index (χ3v) is 3.60. The molecule has 1 aliphatic carbocycles. The highest BCUT2D eigenvalue weighted by Crippen LogP contribution is 2.32. The second kappa shape index (κ2) is 5.53. The van der Waals surface area contributed by atoms with E-state index in [-0.39, 0.29) is 11.9 Å². The zero-order chi connectivity index (χ0) is 13.1. The second-order valence-corrected chi connectivity index (χ2v) is 5.43. The zero-order valence-corrected chi connectivity index (χ0v) is 11.1. The summed E-state index contributed by atoms with van der Waals surface area (Å²) in [6.45, 7) is 4.82. The van der Waals surface area contributed by atoms with Crippen LogP contribution in [0.15, 0.2) is 24.3 Å². The van der Waals surface area contributed by atoms with Gasteiger partial charge in [-0.1, -0.05) is 26.0 Å². The van der Waals surface area contributed by atoms with Crippen molar-refractivity contribution in [3.05, 3.63) is 35.4 Å². The molecule has 0 saturated heterocycles. The number of amides is 1. The number of hydrogen-bond donors (Lipinski definition) is 2. The standard InChI is InChI=1S/C15H22N2O/c1-10(2)11-3-7-13(8-4-11)15(18)17-14(9-16)12-5-6-12/h3-4,7-8,10,12,14H,5-6,9,16H2,1-2H3,(H,17,18). The van der Waals surface area contributed by atoms with Crippen molar-refractivity contribution >= 4 is 5.91 Å². The van der Waals surface area contributed by atoms with E-state index in [1.165, 1.54) is 18.4 Å². The van der Waals surface area contributed by atoms with Gasteiger partial charge in [-0.05, 0) is 42.4 Å². The van der Waals surface area contributed by atoms with E-state index < -0.39 is 0 Å². The molecule has 3 heteroatoms. The first-order valence-corrected chi connectivity index (χ1v) is 6.72. The average Bonchev–Trinajstić information content (AvgIpc) is 3.20. The quantitative estimate of drug-likeness (QED) is 0.837. The molecule has 1 fully saturated rings. The molecular formula is C15H22N2O. The molecular weight excluding hydrogens is 224 g/mol. The molecule has 3 N–H and O–H groups in total. The summed E-state index contributed by atoms with van der Waals surface area (Å²) in [5.74, 6) is 1.08. The molecule has 98 valence electrons. The molecule has 1 unspecified atom stereocenters. The van der Waals surface area contributed by atoms with Crippen LogP contribution < -0.4 is 11.1 Å². The molecule has 0 radical (unpaired) electrons. The van der Waals surface area contributed by atoms with Crippen LogP contribution in [-0.4, -0.2) is 18.5 Å². The fourth-order valence-corrected chi connectivity index (χ4v) is 2.14. The van der Waals surface area contributed by atoms with Gasteiger partial charge in [0.05, 0.1) is 0 Å². The Morgan fingerprint density at radius 1 is 1.33 bits per heavy atom. The Morgan fingerprint density at radius 2 is 1.94 bits per heavy atom. The van der Waals surface area contributed by atoms with Gasteiger partial charge in [0.1, 0.15) is 0 Å². The van der Waals surface area contributed by atoms with E-state index in [0.717, 1.165) is 5.56 Å². The third kappa shape index (κ3) is 3.10. The fourth-order valence-electron chi connectivity index (χ4n) is 2.14. The van der Waals surface area contributed by atoms with Gasteiger partial charge >= 0.3 is 0 Å². The van der Waals surface area contributed by atoms with E-state index in [1.54, 1.807) is 0 Å². The highest BCUT2D eigenvalue weighted by Gasteiger charge is 2.31. The second-order valence-electron chi connectivity index (χ2n) is 5.43. The first-order valence-electron chi connectivity index (χ1n) is 6.72. The third-order valence-electron chi connectivity index (χ3n) is 3.60. The molecule has 0 aliphatic heterocycles. The van der Waals surface area contributed by atoms with E-state index in [4.69, 9.17) is 5.73 Å². The van der Waals surface area contributed by atoms with Crippen molar-refractivity contribution in [3.63, 3.8) is 0 Å². The van der Waals surface area contributed by atoms with Crippen molar-refractivity contribution in [3.8, 4) is 0 Å². The highest BCUT2D eigenvalue weighted by atomic mass is 16.1. The van der Waals surface area contributed by atoms with Crippen molar-refractivity contribution in [2.75, 3.05) is 6.54 Å². The molecule has 1 atom stereocenters. The molecule has 2 rings (SSSR count). The Bertz CT molecular complexity index is 407. The minimum absolute atomic E-state index is 0.00680. The Kier molecular flexibility index (Phi) is 4.02. The van der Waals surface area contributed by atoms with Gasteiger partial charge in [0.2, 0.25) is 0 Å². The summed E-state index contributed by atoms with van der Waals surface area (Å²) >= 11 is 0. The number of benzene rings is 1. The fraction of sp³-hybridized carbons (Fsp3) is 0.533. The number of carbonyl (C=O) groups is 1. The molecule has 1 aromatic rings. The molecule has 1 saturated carbocycles. The van der Waals surface area contributed by atoms with Crippen LogP contribution in [0.5, 0.6) is 0 Å². The van der Waals surface area contributed by atoms with Crippen molar-refractivity contribution in [2.24, 2.45) is 11.7 Å². The number of carbonyl (C=O) groups excluding carboxylic acids is 1. The molecule has 3 nitrogen and oxygen atoms in total. The smallest absolute Gasteiger partial charge is 0.251 e. The summed E-state index contributed by atoms with van der Waals surface area (Å²) in [5, 5.41) is 3.03. The summed E-state index contributed by atoms with van der Waals surface area (Å²) in [7, 11) is 0. The number of hydrogen-bond acceptors (Lipinski definition) is 2. The van der Waals surface area contributed by atoms with Gasteiger partial charge in [-0.2, -0.15) is 0 Å². The molecule has 1 aromatic carbocycles. The zero-order valence-electron chi connectivity index (χ0n) is 11.1. The molecule has 0 bridgehead atoms. The molecule has 18 heavy (non-hydrogen) atoms. The van der Waals surface area contributed by atoms with Crippen LogP contribution in [0, 0.1) is 5.92 Å². The lowest BCUT2D eigenvalue weighted by Gasteiger charge is -2.16. The van der Waals surface area contributed by atoms with E-state index in [0.29, 0.717) is 18.4 Å². The Labute approximate surface area is 109 Å². The number of nitrogens with two attached hydrogens (primary N) is 1.